The van der Waals surface area contributed by atoms with Crippen LogP contribution in [0, 0.1) is 0 Å². The summed E-state index contributed by atoms with van der Waals surface area (Å²) in [6.07, 6.45) is 8.60. The van der Waals surface area contributed by atoms with Gasteiger partial charge in [-0.25, -0.2) is 4.79 Å². The fourth-order valence-electron chi connectivity index (χ4n) is 2.76. The molecule has 0 radical (unpaired) electrons. The highest BCUT2D eigenvalue weighted by atomic mass is 16.6. The molecule has 0 aliphatic carbocycles. The molecule has 0 amide bonds. The van der Waals surface area contributed by atoms with Gasteiger partial charge in [0.1, 0.15) is 0 Å². The molecule has 1 fully saturated rings. The number of carbonyl (C=O) groups excluding carboxylic acids is 2. The van der Waals surface area contributed by atoms with Gasteiger partial charge in [-0.1, -0.05) is 95.0 Å². The number of esters is 1. The quantitative estimate of drug-likeness (QED) is 0.399. The van der Waals surface area contributed by atoms with Gasteiger partial charge in [-0.2, -0.15) is 0 Å². The summed E-state index contributed by atoms with van der Waals surface area (Å²) < 4.78 is 9.61. The minimum atomic E-state index is -1.30. The lowest BCUT2D eigenvalue weighted by atomic mass is 9.75. The molecule has 5 nitrogen and oxygen atoms in total. The number of methoxy groups -OCH3 is 1. The summed E-state index contributed by atoms with van der Waals surface area (Å²) in [7, 11) is 3.25. The lowest BCUT2D eigenvalue weighted by molar-refractivity contribution is -0.184. The minimum Gasteiger partial charge on any atom is -0.448 e. The van der Waals surface area contributed by atoms with Crippen LogP contribution in [0.25, 0.3) is 0 Å². The summed E-state index contributed by atoms with van der Waals surface area (Å²) in [6.45, 7) is 11.6. The van der Waals surface area contributed by atoms with Crippen molar-refractivity contribution < 1.29 is 24.2 Å². The number of aliphatic hydroxyl groups is 1. The predicted molar refractivity (Wildman–Crippen MR) is 123 cm³/mol. The van der Waals surface area contributed by atoms with Gasteiger partial charge in [0.05, 0.1) is 0 Å². The van der Waals surface area contributed by atoms with Gasteiger partial charge < -0.3 is 14.6 Å². The van der Waals surface area contributed by atoms with Gasteiger partial charge in [-0.05, 0) is 12.0 Å². The van der Waals surface area contributed by atoms with Crippen LogP contribution in [-0.4, -0.2) is 43.3 Å². The van der Waals surface area contributed by atoms with Crippen LogP contribution in [-0.2, 0) is 19.1 Å². The zero-order chi connectivity index (χ0) is 23.4. The zero-order valence-corrected chi connectivity index (χ0v) is 19.2. The number of cyclic esters (lactones) is 1. The average molecular weight is 419 g/mol. The van der Waals surface area contributed by atoms with Crippen LogP contribution in [0.1, 0.15) is 52.0 Å². The molecule has 30 heavy (non-hydrogen) atoms. The van der Waals surface area contributed by atoms with Crippen LogP contribution in [0.15, 0.2) is 67.3 Å². The number of aldehydes is 1. The maximum Gasteiger partial charge on any atom is 0.335 e. The third-order valence-corrected chi connectivity index (χ3v) is 3.94. The summed E-state index contributed by atoms with van der Waals surface area (Å²) in [4.78, 5) is 23.6. The van der Waals surface area contributed by atoms with E-state index in [9.17, 15) is 14.7 Å². The van der Waals surface area contributed by atoms with Gasteiger partial charge in [-0.15, -0.1) is 0 Å². The molecule has 0 aromatic heterocycles. The summed E-state index contributed by atoms with van der Waals surface area (Å²) >= 11 is 0. The zero-order valence-electron chi connectivity index (χ0n) is 19.2. The maximum absolute atomic E-state index is 11.8. The van der Waals surface area contributed by atoms with E-state index in [0.29, 0.717) is 6.29 Å². The second kappa shape index (κ2) is 18.5. The van der Waals surface area contributed by atoms with Crippen molar-refractivity contribution in [3.8, 4) is 0 Å². The largest absolute Gasteiger partial charge is 0.448 e. The lowest BCUT2D eigenvalue weighted by Gasteiger charge is -2.40. The molecule has 1 aromatic rings. The molecule has 168 valence electrons. The first-order valence-electron chi connectivity index (χ1n) is 10.3. The smallest absolute Gasteiger partial charge is 0.335 e. The molecule has 1 aliphatic rings. The molecule has 1 aromatic carbocycles. The van der Waals surface area contributed by atoms with Gasteiger partial charge in [-0.3, -0.25) is 4.79 Å². The summed E-state index contributed by atoms with van der Waals surface area (Å²) in [5.41, 5.74) is -0.433. The van der Waals surface area contributed by atoms with E-state index >= 15 is 0 Å². The summed E-state index contributed by atoms with van der Waals surface area (Å²) in [6, 6.07) is 9.33. The Labute approximate surface area is 182 Å². The van der Waals surface area contributed by atoms with Gasteiger partial charge in [0.25, 0.3) is 0 Å². The highest BCUT2D eigenvalue weighted by molar-refractivity contribution is 5.81. The SMILES string of the molecule is C=C/C=C\C=C\CC1(C=O)OC(=O)C(O)CC1c1ccccc1.CC.CC.COC. The van der Waals surface area contributed by atoms with Gasteiger partial charge >= 0.3 is 5.97 Å². The maximum atomic E-state index is 11.8. The molecule has 0 saturated carbocycles. The number of rotatable bonds is 6. The van der Waals surface area contributed by atoms with E-state index in [1.807, 2.05) is 58.0 Å². The van der Waals surface area contributed by atoms with Crippen LogP contribution in [0.5, 0.6) is 0 Å². The number of aliphatic hydroxyl groups excluding tert-OH is 1. The van der Waals surface area contributed by atoms with Crippen LogP contribution in [0.2, 0.25) is 0 Å². The second-order valence-electron chi connectivity index (χ2n) is 5.87. The standard InChI is InChI=1S/C19H20O4.C2H6O.2C2H6/c1-2-3-4-5-9-12-19(14-20)16(13-17(21)18(22)23-19)15-10-7-6-8-11-15;1-3-2;2*1-2/h2-11,14,16-17,21H,1,12-13H2;1-2H3;2*1-2H3/b4-3-,9-5+;;;. The number of hydrogen-bond donors (Lipinski definition) is 1. The summed E-state index contributed by atoms with van der Waals surface area (Å²) in [5.74, 6) is -1.14. The van der Waals surface area contributed by atoms with Crippen molar-refractivity contribution >= 4 is 12.3 Å². The van der Waals surface area contributed by atoms with Crippen LogP contribution in [0.4, 0.5) is 0 Å². The Kier molecular flexibility index (Phi) is 18.3. The Hall–Kier alpha value is -2.50. The molecule has 0 spiro atoms. The van der Waals surface area contributed by atoms with Gasteiger partial charge in [0.15, 0.2) is 18.0 Å². The number of carbonyl (C=O) groups is 2. The normalized spacial score (nSPS) is 22.4. The van der Waals surface area contributed by atoms with Crippen molar-refractivity contribution in [2.24, 2.45) is 0 Å². The molecule has 1 heterocycles. The number of benzene rings is 1. The Morgan fingerprint density at radius 3 is 2.20 bits per heavy atom. The van der Waals surface area contributed by atoms with Crippen molar-refractivity contribution in [3.05, 3.63) is 72.9 Å². The van der Waals surface area contributed by atoms with Crippen molar-refractivity contribution in [1.82, 2.24) is 0 Å². The fourth-order valence-corrected chi connectivity index (χ4v) is 2.76. The van der Waals surface area contributed by atoms with Crippen LogP contribution in [0.3, 0.4) is 0 Å². The first kappa shape index (κ1) is 29.7. The molecule has 3 unspecified atom stereocenters. The third kappa shape index (κ3) is 9.81. The number of ether oxygens (including phenoxy) is 2. The topological polar surface area (TPSA) is 72.8 Å². The Morgan fingerprint density at radius 2 is 1.70 bits per heavy atom. The van der Waals surface area contributed by atoms with Gasteiger partial charge in [0, 0.05) is 26.6 Å². The Bertz CT molecular complexity index is 636. The van der Waals surface area contributed by atoms with Crippen molar-refractivity contribution in [3.63, 3.8) is 0 Å². The molecular weight excluding hydrogens is 380 g/mol. The Balaban J connectivity index is 0. The molecule has 2 rings (SSSR count). The van der Waals surface area contributed by atoms with Crippen molar-refractivity contribution in [1.29, 1.82) is 0 Å². The van der Waals surface area contributed by atoms with E-state index in [-0.39, 0.29) is 18.8 Å². The highest BCUT2D eigenvalue weighted by Crippen LogP contribution is 2.41. The fraction of sp³-hybridized carbons (Fsp3) is 0.440. The van der Waals surface area contributed by atoms with Crippen molar-refractivity contribution in [2.75, 3.05) is 14.2 Å². The van der Waals surface area contributed by atoms with Crippen molar-refractivity contribution in [2.45, 2.75) is 58.2 Å². The van der Waals surface area contributed by atoms with E-state index in [4.69, 9.17) is 4.74 Å². The molecule has 1 aliphatic heterocycles. The van der Waals surface area contributed by atoms with E-state index < -0.39 is 17.7 Å². The van der Waals surface area contributed by atoms with E-state index in [1.165, 1.54) is 0 Å². The molecular formula is C25H38O5. The van der Waals surface area contributed by atoms with E-state index in [0.717, 1.165) is 5.56 Å². The molecule has 0 bridgehead atoms. The molecule has 1 N–H and O–H groups in total. The number of allylic oxidation sites excluding steroid dienone is 4. The molecule has 1 saturated heterocycles. The van der Waals surface area contributed by atoms with E-state index in [1.54, 1.807) is 44.6 Å². The van der Waals surface area contributed by atoms with Gasteiger partial charge in [0.2, 0.25) is 0 Å². The summed E-state index contributed by atoms with van der Waals surface area (Å²) in [5, 5.41) is 9.85. The monoisotopic (exact) mass is 418 g/mol. The highest BCUT2D eigenvalue weighted by Gasteiger charge is 2.49. The average Bonchev–Trinajstić information content (AvgIpc) is 2.79. The first-order chi connectivity index (χ1) is 14.5. The minimum absolute atomic E-state index is 0.165. The van der Waals surface area contributed by atoms with Crippen LogP contribution < -0.4 is 0 Å². The lowest BCUT2D eigenvalue weighted by Crippen LogP contribution is -2.51. The molecule has 3 atom stereocenters. The first-order valence-corrected chi connectivity index (χ1v) is 10.3. The van der Waals surface area contributed by atoms with Crippen LogP contribution >= 0.6 is 0 Å². The Morgan fingerprint density at radius 1 is 1.13 bits per heavy atom. The molecule has 5 heteroatoms. The number of hydrogen-bond acceptors (Lipinski definition) is 5. The van der Waals surface area contributed by atoms with E-state index in [2.05, 4.69) is 11.3 Å². The third-order valence-electron chi connectivity index (χ3n) is 3.94. The predicted octanol–water partition coefficient (Wildman–Crippen LogP) is 5.02. The second-order valence-corrected chi connectivity index (χ2v) is 5.87.